The number of benzene rings is 1. The van der Waals surface area contributed by atoms with Gasteiger partial charge in [0.1, 0.15) is 6.61 Å². The Morgan fingerprint density at radius 3 is 2.82 bits per heavy atom. The van der Waals surface area contributed by atoms with Crippen LogP contribution in [0.5, 0.6) is 5.75 Å². The van der Waals surface area contributed by atoms with Crippen LogP contribution in [0.4, 0.5) is 0 Å². The zero-order valence-electron chi connectivity index (χ0n) is 11.7. The highest BCUT2D eigenvalue weighted by molar-refractivity contribution is 5.99. The Hall–Kier alpha value is -3.02. The fourth-order valence-corrected chi connectivity index (χ4v) is 2.07. The van der Waals surface area contributed by atoms with E-state index in [-0.39, 0.29) is 23.5 Å². The van der Waals surface area contributed by atoms with E-state index in [0.717, 1.165) is 5.39 Å². The van der Waals surface area contributed by atoms with Gasteiger partial charge in [0, 0.05) is 22.4 Å². The molecule has 1 N–H and O–H groups in total. The van der Waals surface area contributed by atoms with Gasteiger partial charge in [0.15, 0.2) is 11.2 Å². The molecule has 2 aromatic heterocycles. The van der Waals surface area contributed by atoms with Crippen molar-refractivity contribution in [3.8, 4) is 5.75 Å². The SMILES string of the molecule is C/C(=C/COc1c2occc2cc2ccc(=O)oc12)C(=O)O. The molecule has 0 unspecified atom stereocenters. The third-order valence-corrected chi connectivity index (χ3v) is 3.24. The lowest BCUT2D eigenvalue weighted by atomic mass is 10.1. The molecule has 6 heteroatoms. The standard InChI is InChI=1S/C16H12O6/c1-9(16(18)19)4-6-21-15-13-11(5-7-20-13)8-10-2-3-12(17)22-14(10)15/h2-5,7-8H,6H2,1H3,(H,18,19)/b9-4-. The molecule has 0 spiro atoms. The molecule has 0 aliphatic carbocycles. The normalized spacial score (nSPS) is 12.0. The molecule has 2 heterocycles. The Morgan fingerprint density at radius 1 is 1.27 bits per heavy atom. The minimum Gasteiger partial charge on any atom is -0.482 e. The second-order valence-corrected chi connectivity index (χ2v) is 4.72. The van der Waals surface area contributed by atoms with E-state index in [4.69, 9.17) is 18.7 Å². The van der Waals surface area contributed by atoms with Crippen LogP contribution in [0.3, 0.4) is 0 Å². The summed E-state index contributed by atoms with van der Waals surface area (Å²) in [6.07, 6.45) is 2.93. The van der Waals surface area contributed by atoms with Crippen molar-refractivity contribution in [2.75, 3.05) is 6.61 Å². The van der Waals surface area contributed by atoms with E-state index in [0.29, 0.717) is 11.0 Å². The van der Waals surface area contributed by atoms with Crippen molar-refractivity contribution in [2.24, 2.45) is 0 Å². The Balaban J connectivity index is 2.10. The molecule has 0 saturated heterocycles. The minimum atomic E-state index is -1.02. The maximum atomic E-state index is 11.4. The third-order valence-electron chi connectivity index (χ3n) is 3.24. The number of furan rings is 1. The quantitative estimate of drug-likeness (QED) is 0.588. The second-order valence-electron chi connectivity index (χ2n) is 4.72. The Bertz CT molecular complexity index is 944. The van der Waals surface area contributed by atoms with Gasteiger partial charge < -0.3 is 18.7 Å². The number of carboxylic acids is 1. The van der Waals surface area contributed by atoms with Crippen LogP contribution in [-0.4, -0.2) is 17.7 Å². The summed E-state index contributed by atoms with van der Waals surface area (Å²) < 4.78 is 16.2. The van der Waals surface area contributed by atoms with E-state index in [1.165, 1.54) is 25.3 Å². The van der Waals surface area contributed by atoms with Crippen LogP contribution in [0.1, 0.15) is 6.92 Å². The molecule has 0 fully saturated rings. The molecule has 112 valence electrons. The number of ether oxygens (including phenoxy) is 1. The highest BCUT2D eigenvalue weighted by Crippen LogP contribution is 2.34. The second kappa shape index (κ2) is 5.40. The molecule has 22 heavy (non-hydrogen) atoms. The van der Waals surface area contributed by atoms with Gasteiger partial charge >= 0.3 is 11.6 Å². The number of hydrogen-bond donors (Lipinski definition) is 1. The fraction of sp³-hybridized carbons (Fsp3) is 0.125. The average molecular weight is 300 g/mol. The molecular weight excluding hydrogens is 288 g/mol. The third kappa shape index (κ3) is 2.46. The number of aliphatic carboxylic acids is 1. The van der Waals surface area contributed by atoms with Gasteiger partial charge in [0.2, 0.25) is 5.75 Å². The lowest BCUT2D eigenvalue weighted by Gasteiger charge is -2.07. The summed E-state index contributed by atoms with van der Waals surface area (Å²) in [5.41, 5.74) is 0.387. The summed E-state index contributed by atoms with van der Waals surface area (Å²) in [5, 5.41) is 10.3. The van der Waals surface area contributed by atoms with Crippen molar-refractivity contribution in [1.82, 2.24) is 0 Å². The van der Waals surface area contributed by atoms with Crippen molar-refractivity contribution in [1.29, 1.82) is 0 Å². The summed E-state index contributed by atoms with van der Waals surface area (Å²) in [6.45, 7) is 1.49. The first kappa shape index (κ1) is 13.9. The predicted octanol–water partition coefficient (Wildman–Crippen LogP) is 2.95. The first-order chi connectivity index (χ1) is 10.6. The van der Waals surface area contributed by atoms with Gasteiger partial charge in [0.05, 0.1) is 6.26 Å². The van der Waals surface area contributed by atoms with Crippen molar-refractivity contribution in [3.63, 3.8) is 0 Å². The molecule has 0 atom stereocenters. The van der Waals surface area contributed by atoms with E-state index in [2.05, 4.69) is 0 Å². The van der Waals surface area contributed by atoms with Gasteiger partial charge in [-0.3, -0.25) is 0 Å². The molecule has 3 rings (SSSR count). The molecule has 0 bridgehead atoms. The Kier molecular flexibility index (Phi) is 3.42. The highest BCUT2D eigenvalue weighted by atomic mass is 16.5. The lowest BCUT2D eigenvalue weighted by Crippen LogP contribution is -2.02. The van der Waals surface area contributed by atoms with Crippen LogP contribution in [0.25, 0.3) is 21.9 Å². The molecule has 0 radical (unpaired) electrons. The topological polar surface area (TPSA) is 89.9 Å². The van der Waals surface area contributed by atoms with E-state index < -0.39 is 11.6 Å². The molecule has 0 aliphatic rings. The first-order valence-electron chi connectivity index (χ1n) is 6.53. The van der Waals surface area contributed by atoms with E-state index in [1.54, 1.807) is 12.1 Å². The number of carbonyl (C=O) groups is 1. The molecule has 0 aliphatic heterocycles. The number of rotatable bonds is 4. The van der Waals surface area contributed by atoms with Crippen LogP contribution in [0.2, 0.25) is 0 Å². The molecule has 3 aromatic rings. The van der Waals surface area contributed by atoms with Crippen LogP contribution < -0.4 is 10.4 Å². The number of fused-ring (bicyclic) bond motifs is 2. The summed E-state index contributed by atoms with van der Waals surface area (Å²) in [5.74, 6) is -0.735. The maximum absolute atomic E-state index is 11.4. The van der Waals surface area contributed by atoms with Gasteiger partial charge in [0.25, 0.3) is 0 Å². The smallest absolute Gasteiger partial charge is 0.336 e. The largest absolute Gasteiger partial charge is 0.482 e. The molecule has 1 aromatic carbocycles. The summed E-state index contributed by atoms with van der Waals surface area (Å²) >= 11 is 0. The highest BCUT2D eigenvalue weighted by Gasteiger charge is 2.14. The van der Waals surface area contributed by atoms with Crippen LogP contribution in [0.15, 0.2) is 55.8 Å². The van der Waals surface area contributed by atoms with Crippen molar-refractivity contribution in [3.05, 3.63) is 52.6 Å². The van der Waals surface area contributed by atoms with Crippen molar-refractivity contribution in [2.45, 2.75) is 6.92 Å². The average Bonchev–Trinajstić information content (AvgIpc) is 2.94. The Labute approximate surface area is 124 Å². The monoisotopic (exact) mass is 300 g/mol. The zero-order valence-corrected chi connectivity index (χ0v) is 11.7. The van der Waals surface area contributed by atoms with Gasteiger partial charge in [-0.15, -0.1) is 0 Å². The first-order valence-corrected chi connectivity index (χ1v) is 6.53. The predicted molar refractivity (Wildman–Crippen MR) is 79.1 cm³/mol. The van der Waals surface area contributed by atoms with Crippen molar-refractivity contribution >= 4 is 27.9 Å². The molecule has 0 amide bonds. The van der Waals surface area contributed by atoms with Crippen LogP contribution in [-0.2, 0) is 4.79 Å². The van der Waals surface area contributed by atoms with E-state index in [9.17, 15) is 9.59 Å². The van der Waals surface area contributed by atoms with E-state index in [1.807, 2.05) is 6.07 Å². The zero-order chi connectivity index (χ0) is 15.7. The van der Waals surface area contributed by atoms with E-state index >= 15 is 0 Å². The molecule has 0 saturated carbocycles. The summed E-state index contributed by atoms with van der Waals surface area (Å²) in [6, 6.07) is 6.55. The van der Waals surface area contributed by atoms with Gasteiger partial charge in [-0.05, 0) is 31.2 Å². The lowest BCUT2D eigenvalue weighted by molar-refractivity contribution is -0.132. The number of carboxylic acid groups (broad SMARTS) is 1. The maximum Gasteiger partial charge on any atom is 0.336 e. The van der Waals surface area contributed by atoms with Crippen LogP contribution in [0, 0.1) is 0 Å². The van der Waals surface area contributed by atoms with Crippen molar-refractivity contribution < 1.29 is 23.5 Å². The van der Waals surface area contributed by atoms with Gasteiger partial charge in [-0.2, -0.15) is 0 Å². The van der Waals surface area contributed by atoms with Gasteiger partial charge in [-0.25, -0.2) is 9.59 Å². The molecule has 6 nitrogen and oxygen atoms in total. The minimum absolute atomic E-state index is 0.0195. The Morgan fingerprint density at radius 2 is 2.05 bits per heavy atom. The number of hydrogen-bond acceptors (Lipinski definition) is 5. The van der Waals surface area contributed by atoms with Crippen LogP contribution >= 0.6 is 0 Å². The fourth-order valence-electron chi connectivity index (χ4n) is 2.07. The van der Waals surface area contributed by atoms with Gasteiger partial charge in [-0.1, -0.05) is 0 Å². The molecular formula is C16H12O6. The summed E-state index contributed by atoms with van der Waals surface area (Å²) in [7, 11) is 0. The summed E-state index contributed by atoms with van der Waals surface area (Å²) in [4.78, 5) is 22.2.